The van der Waals surface area contributed by atoms with Crippen LogP contribution in [-0.2, 0) is 0 Å². The Morgan fingerprint density at radius 1 is 1.22 bits per heavy atom. The van der Waals surface area contributed by atoms with Gasteiger partial charge in [0.2, 0.25) is 0 Å². The van der Waals surface area contributed by atoms with Gasteiger partial charge in [0.25, 0.3) is 5.56 Å². The molecule has 0 atom stereocenters. The molecule has 18 heavy (non-hydrogen) atoms. The topological polar surface area (TPSA) is 87.3 Å². The lowest BCUT2D eigenvalue weighted by Gasteiger charge is -2.04. The SMILES string of the molecule is Cc1nc(C)c2cc(-c3ccn[nH]3)c(=O)[nH]c2n1. The van der Waals surface area contributed by atoms with Crippen LogP contribution in [0.1, 0.15) is 11.5 Å². The van der Waals surface area contributed by atoms with Gasteiger partial charge >= 0.3 is 0 Å². The van der Waals surface area contributed by atoms with Crippen molar-refractivity contribution in [2.45, 2.75) is 13.8 Å². The normalized spacial score (nSPS) is 11.0. The minimum absolute atomic E-state index is 0.191. The third kappa shape index (κ3) is 1.58. The second-order valence-corrected chi connectivity index (χ2v) is 4.10. The molecule has 3 heterocycles. The fourth-order valence-electron chi connectivity index (χ4n) is 1.98. The van der Waals surface area contributed by atoms with E-state index < -0.39 is 0 Å². The molecule has 0 radical (unpaired) electrons. The first-order chi connectivity index (χ1) is 8.65. The summed E-state index contributed by atoms with van der Waals surface area (Å²) in [5.41, 5.74) is 2.43. The van der Waals surface area contributed by atoms with Crippen molar-refractivity contribution in [1.29, 1.82) is 0 Å². The predicted octanol–water partition coefficient (Wildman–Crippen LogP) is 1.33. The summed E-state index contributed by atoms with van der Waals surface area (Å²) in [6.07, 6.45) is 1.61. The monoisotopic (exact) mass is 241 g/mol. The zero-order valence-corrected chi connectivity index (χ0v) is 9.98. The number of nitrogens with zero attached hydrogens (tertiary/aromatic N) is 3. The van der Waals surface area contributed by atoms with E-state index in [1.807, 2.05) is 6.92 Å². The zero-order valence-electron chi connectivity index (χ0n) is 9.98. The highest BCUT2D eigenvalue weighted by Gasteiger charge is 2.09. The van der Waals surface area contributed by atoms with E-state index in [0.717, 1.165) is 11.1 Å². The Morgan fingerprint density at radius 3 is 2.78 bits per heavy atom. The van der Waals surface area contributed by atoms with Crippen LogP contribution in [0.5, 0.6) is 0 Å². The number of aryl methyl sites for hydroxylation is 2. The van der Waals surface area contributed by atoms with Crippen LogP contribution in [0.3, 0.4) is 0 Å². The van der Waals surface area contributed by atoms with Crippen LogP contribution >= 0.6 is 0 Å². The smallest absolute Gasteiger partial charge is 0.259 e. The first-order valence-electron chi connectivity index (χ1n) is 5.53. The minimum Gasteiger partial charge on any atom is -0.306 e. The molecule has 0 aliphatic rings. The van der Waals surface area contributed by atoms with Gasteiger partial charge in [-0.05, 0) is 26.0 Å². The van der Waals surface area contributed by atoms with Crippen molar-refractivity contribution in [3.05, 3.63) is 40.2 Å². The Labute approximate surface area is 102 Å². The lowest BCUT2D eigenvalue weighted by molar-refractivity contribution is 1.03. The number of hydrogen-bond acceptors (Lipinski definition) is 4. The van der Waals surface area contributed by atoms with Gasteiger partial charge in [-0.25, -0.2) is 9.97 Å². The Hall–Kier alpha value is -2.50. The molecule has 0 unspecified atom stereocenters. The van der Waals surface area contributed by atoms with Crippen LogP contribution in [0.25, 0.3) is 22.3 Å². The number of aromatic amines is 2. The Balaban J connectivity index is 2.37. The molecule has 0 spiro atoms. The highest BCUT2D eigenvalue weighted by Crippen LogP contribution is 2.18. The standard InChI is InChI=1S/C12H11N5O/c1-6-8-5-9(10-3-4-13-17-10)12(18)16-11(8)15-7(2)14-6/h3-5H,1-2H3,(H,13,17)(H,14,15,16,18). The summed E-state index contributed by atoms with van der Waals surface area (Å²) in [6.45, 7) is 3.69. The number of pyridine rings is 1. The van der Waals surface area contributed by atoms with Crippen LogP contribution < -0.4 is 5.56 Å². The Kier molecular flexibility index (Phi) is 2.22. The molecule has 3 aromatic heterocycles. The highest BCUT2D eigenvalue weighted by molar-refractivity contribution is 5.81. The lowest BCUT2D eigenvalue weighted by atomic mass is 10.1. The van der Waals surface area contributed by atoms with Gasteiger partial charge in [0.15, 0.2) is 0 Å². The molecule has 0 bridgehead atoms. The summed E-state index contributed by atoms with van der Waals surface area (Å²) in [7, 11) is 0. The molecular formula is C12H11N5O. The summed E-state index contributed by atoms with van der Waals surface area (Å²) >= 11 is 0. The van der Waals surface area contributed by atoms with Crippen molar-refractivity contribution in [3.63, 3.8) is 0 Å². The fraction of sp³-hybridized carbons (Fsp3) is 0.167. The Morgan fingerprint density at radius 2 is 2.06 bits per heavy atom. The van der Waals surface area contributed by atoms with Crippen LogP contribution in [0, 0.1) is 13.8 Å². The van der Waals surface area contributed by atoms with E-state index in [1.165, 1.54) is 0 Å². The van der Waals surface area contributed by atoms with E-state index in [0.29, 0.717) is 22.7 Å². The van der Waals surface area contributed by atoms with E-state index in [2.05, 4.69) is 25.1 Å². The second-order valence-electron chi connectivity index (χ2n) is 4.10. The van der Waals surface area contributed by atoms with Crippen molar-refractivity contribution < 1.29 is 0 Å². The van der Waals surface area contributed by atoms with E-state index in [9.17, 15) is 4.79 Å². The summed E-state index contributed by atoms with van der Waals surface area (Å²) in [5.74, 6) is 0.643. The summed E-state index contributed by atoms with van der Waals surface area (Å²) in [5, 5.41) is 7.46. The van der Waals surface area contributed by atoms with Crippen molar-refractivity contribution in [3.8, 4) is 11.3 Å². The summed E-state index contributed by atoms with van der Waals surface area (Å²) < 4.78 is 0. The molecule has 0 amide bonds. The van der Waals surface area contributed by atoms with Gasteiger partial charge in [0, 0.05) is 11.6 Å². The molecule has 0 aliphatic carbocycles. The largest absolute Gasteiger partial charge is 0.306 e. The molecular weight excluding hydrogens is 230 g/mol. The molecule has 6 nitrogen and oxygen atoms in total. The van der Waals surface area contributed by atoms with Crippen LogP contribution in [0.15, 0.2) is 23.1 Å². The van der Waals surface area contributed by atoms with Crippen molar-refractivity contribution in [2.24, 2.45) is 0 Å². The third-order valence-electron chi connectivity index (χ3n) is 2.80. The van der Waals surface area contributed by atoms with E-state index in [1.54, 1.807) is 25.3 Å². The average Bonchev–Trinajstić information content (AvgIpc) is 2.81. The quantitative estimate of drug-likeness (QED) is 0.672. The van der Waals surface area contributed by atoms with E-state index in [-0.39, 0.29) is 5.56 Å². The molecule has 6 heteroatoms. The van der Waals surface area contributed by atoms with Crippen LogP contribution in [0.2, 0.25) is 0 Å². The van der Waals surface area contributed by atoms with Gasteiger partial charge < -0.3 is 4.98 Å². The number of rotatable bonds is 1. The molecule has 3 rings (SSSR count). The first kappa shape index (κ1) is 10.6. The lowest BCUT2D eigenvalue weighted by Crippen LogP contribution is -2.11. The molecule has 0 aliphatic heterocycles. The van der Waals surface area contributed by atoms with E-state index in [4.69, 9.17) is 0 Å². The first-order valence-corrected chi connectivity index (χ1v) is 5.53. The molecule has 90 valence electrons. The average molecular weight is 241 g/mol. The van der Waals surface area contributed by atoms with Gasteiger partial charge in [-0.3, -0.25) is 9.89 Å². The van der Waals surface area contributed by atoms with Gasteiger partial charge in [0.1, 0.15) is 11.5 Å². The zero-order chi connectivity index (χ0) is 12.7. The van der Waals surface area contributed by atoms with Gasteiger partial charge in [-0.1, -0.05) is 0 Å². The van der Waals surface area contributed by atoms with Crippen molar-refractivity contribution in [1.82, 2.24) is 25.1 Å². The number of H-pyrrole nitrogens is 2. The number of fused-ring (bicyclic) bond motifs is 1. The maximum Gasteiger partial charge on any atom is 0.259 e. The summed E-state index contributed by atoms with van der Waals surface area (Å²) in [4.78, 5) is 23.3. The van der Waals surface area contributed by atoms with Gasteiger partial charge in [-0.15, -0.1) is 0 Å². The third-order valence-corrected chi connectivity index (χ3v) is 2.80. The van der Waals surface area contributed by atoms with Crippen LogP contribution in [0.4, 0.5) is 0 Å². The molecule has 2 N–H and O–H groups in total. The molecule has 0 aromatic carbocycles. The fourth-order valence-corrected chi connectivity index (χ4v) is 1.98. The highest BCUT2D eigenvalue weighted by atomic mass is 16.1. The maximum atomic E-state index is 12.0. The molecule has 0 fully saturated rings. The van der Waals surface area contributed by atoms with Gasteiger partial charge in [-0.2, -0.15) is 5.10 Å². The second kappa shape index (κ2) is 3.76. The molecule has 0 saturated heterocycles. The van der Waals surface area contributed by atoms with Crippen molar-refractivity contribution >= 4 is 11.0 Å². The number of nitrogens with one attached hydrogen (secondary N) is 2. The summed E-state index contributed by atoms with van der Waals surface area (Å²) in [6, 6.07) is 3.54. The van der Waals surface area contributed by atoms with Crippen LogP contribution in [-0.4, -0.2) is 25.1 Å². The number of hydrogen-bond donors (Lipinski definition) is 2. The predicted molar refractivity (Wildman–Crippen MR) is 67.2 cm³/mol. The molecule has 0 saturated carbocycles. The Bertz CT molecular complexity index is 773. The van der Waals surface area contributed by atoms with Gasteiger partial charge in [0.05, 0.1) is 17.0 Å². The van der Waals surface area contributed by atoms with Crippen molar-refractivity contribution in [2.75, 3.05) is 0 Å². The van der Waals surface area contributed by atoms with E-state index >= 15 is 0 Å². The minimum atomic E-state index is -0.191. The number of aromatic nitrogens is 5. The maximum absolute atomic E-state index is 12.0. The molecule has 3 aromatic rings.